The SMILES string of the molecule is CCCCc1ccc(-c2ccc(C(=O)C[C@@H](CCCN)C(=O)N(C)[C@@H]3C(=O)C[C@@H](C)C(=O)N[C@H](/C=C/C#N)Cc4ccc(OCCN)c(c4)-c4cc3ccc4OCCN)cc2)cc1. The Hall–Kier alpha value is -6.13. The van der Waals surface area contributed by atoms with Gasteiger partial charge in [0, 0.05) is 67.6 Å². The van der Waals surface area contributed by atoms with Gasteiger partial charge in [-0.3, -0.25) is 19.2 Å². The van der Waals surface area contributed by atoms with Gasteiger partial charge in [0.15, 0.2) is 11.6 Å². The number of carbonyl (C=O) groups is 4. The minimum atomic E-state index is -1.15. The molecule has 0 fully saturated rings. The zero-order valence-corrected chi connectivity index (χ0v) is 36.8. The number of unbranched alkanes of at least 4 members (excludes halogenated alkanes) is 1. The van der Waals surface area contributed by atoms with E-state index in [-0.39, 0.29) is 56.6 Å². The molecule has 0 spiro atoms. The van der Waals surface area contributed by atoms with Crippen LogP contribution in [0.5, 0.6) is 11.5 Å². The fourth-order valence-electron chi connectivity index (χ4n) is 8.00. The number of fused-ring (bicyclic) bond motifs is 5. The number of nitrogens with zero attached hydrogens (tertiary/aromatic N) is 2. The lowest BCUT2D eigenvalue weighted by molar-refractivity contribution is -0.142. The van der Waals surface area contributed by atoms with E-state index in [1.807, 2.05) is 42.5 Å². The largest absolute Gasteiger partial charge is 0.492 e. The van der Waals surface area contributed by atoms with Gasteiger partial charge in [0.05, 0.1) is 12.1 Å². The number of ether oxygens (including phenoxy) is 2. The van der Waals surface area contributed by atoms with E-state index in [0.717, 1.165) is 36.0 Å². The summed E-state index contributed by atoms with van der Waals surface area (Å²) < 4.78 is 12.3. The van der Waals surface area contributed by atoms with Crippen molar-refractivity contribution in [2.24, 2.45) is 29.0 Å². The third-order valence-electron chi connectivity index (χ3n) is 11.4. The van der Waals surface area contributed by atoms with Crippen molar-refractivity contribution in [2.45, 2.75) is 77.3 Å². The fourth-order valence-corrected chi connectivity index (χ4v) is 8.00. The summed E-state index contributed by atoms with van der Waals surface area (Å²) in [7, 11) is 1.57. The number of amides is 2. The molecule has 4 atom stereocenters. The Morgan fingerprint density at radius 2 is 1.49 bits per heavy atom. The van der Waals surface area contributed by atoms with E-state index in [0.29, 0.717) is 59.6 Å². The Morgan fingerprint density at radius 1 is 0.857 bits per heavy atom. The number of aryl methyl sites for hydroxylation is 1. The van der Waals surface area contributed by atoms with Crippen molar-refractivity contribution in [3.05, 3.63) is 119 Å². The maximum atomic E-state index is 14.8. The van der Waals surface area contributed by atoms with E-state index in [1.54, 1.807) is 44.3 Å². The number of carbonyl (C=O) groups excluding carboxylic acids is 4. The molecule has 7 N–H and O–H groups in total. The zero-order valence-electron chi connectivity index (χ0n) is 36.8. The third-order valence-corrected chi connectivity index (χ3v) is 11.4. The lowest BCUT2D eigenvalue weighted by Gasteiger charge is -2.32. The molecule has 0 saturated carbocycles. The molecule has 0 saturated heterocycles. The summed E-state index contributed by atoms with van der Waals surface area (Å²) >= 11 is 0. The number of hydrogen-bond donors (Lipinski definition) is 4. The van der Waals surface area contributed by atoms with Crippen LogP contribution in [-0.4, -0.2) is 74.2 Å². The molecule has 4 aromatic rings. The summed E-state index contributed by atoms with van der Waals surface area (Å²) in [6, 6.07) is 27.1. The first-order valence-corrected chi connectivity index (χ1v) is 22.0. The van der Waals surface area contributed by atoms with Crippen LogP contribution in [0, 0.1) is 23.2 Å². The number of allylic oxidation sites excluding steroid dienone is 1. The first-order valence-electron chi connectivity index (χ1n) is 22.0. The number of likely N-dealkylation sites (N-methyl/N-ethyl adjacent to an activating group) is 1. The number of benzene rings is 4. The van der Waals surface area contributed by atoms with Crippen LogP contribution in [0.3, 0.4) is 0 Å². The van der Waals surface area contributed by atoms with E-state index in [9.17, 15) is 24.4 Å². The summed E-state index contributed by atoms with van der Waals surface area (Å²) in [5.74, 6) is -1.92. The van der Waals surface area contributed by atoms with E-state index in [1.165, 1.54) is 16.5 Å². The van der Waals surface area contributed by atoms with Crippen molar-refractivity contribution in [1.82, 2.24) is 10.2 Å². The average Bonchev–Trinajstić information content (AvgIpc) is 3.30. The van der Waals surface area contributed by atoms with Crippen LogP contribution in [0.2, 0.25) is 0 Å². The van der Waals surface area contributed by atoms with E-state index in [2.05, 4.69) is 36.5 Å². The normalized spacial score (nSPS) is 17.0. The summed E-state index contributed by atoms with van der Waals surface area (Å²) in [5, 5.41) is 12.4. The van der Waals surface area contributed by atoms with Crippen LogP contribution < -0.4 is 32.0 Å². The Morgan fingerprint density at radius 3 is 2.11 bits per heavy atom. The summed E-state index contributed by atoms with van der Waals surface area (Å²) in [4.78, 5) is 58.5. The van der Waals surface area contributed by atoms with E-state index < -0.39 is 29.8 Å². The number of nitriles is 1. The van der Waals surface area contributed by atoms with Gasteiger partial charge in [0.2, 0.25) is 11.8 Å². The van der Waals surface area contributed by atoms with Gasteiger partial charge < -0.3 is 36.9 Å². The van der Waals surface area contributed by atoms with Crippen LogP contribution >= 0.6 is 0 Å². The lowest BCUT2D eigenvalue weighted by Crippen LogP contribution is -2.42. The Kier molecular flexibility index (Phi) is 18.2. The van der Waals surface area contributed by atoms with Gasteiger partial charge in [-0.25, -0.2) is 0 Å². The minimum absolute atomic E-state index is 0.0856. The van der Waals surface area contributed by atoms with Gasteiger partial charge in [0.25, 0.3) is 0 Å². The standard InChI is InChI=1S/C51H62N6O6/c1-4-5-8-35-11-14-37(15-12-35)38-16-18-39(19-17-38)45(58)33-41(9-6-23-52)51(61)57(3)49-40-20-22-48(63-28-26-55)44(32-40)43-31-36(13-21-47(43)62-27-25-54)30-42(10-7-24-53)56-50(60)34(2)29-46(49)59/h7,10-22,31-32,34,41-42,49H,4-6,8-9,23,25-30,33,52,54-55H2,1-3H3,(H,56,60)/b10-7+/t34-,41-,42-,49+/m1/s1. The molecule has 1 heterocycles. The van der Waals surface area contributed by atoms with Crippen LogP contribution in [0.15, 0.2) is 97.1 Å². The van der Waals surface area contributed by atoms with Crippen LogP contribution in [0.25, 0.3) is 22.3 Å². The van der Waals surface area contributed by atoms with Gasteiger partial charge in [0.1, 0.15) is 30.8 Å². The van der Waals surface area contributed by atoms with Gasteiger partial charge >= 0.3 is 0 Å². The monoisotopic (exact) mass is 854 g/mol. The molecule has 1 aliphatic heterocycles. The molecule has 12 heteroatoms. The highest BCUT2D eigenvalue weighted by Crippen LogP contribution is 2.41. The van der Waals surface area contributed by atoms with E-state index in [4.69, 9.17) is 26.7 Å². The molecule has 2 amide bonds. The highest BCUT2D eigenvalue weighted by molar-refractivity contribution is 6.00. The Balaban J connectivity index is 1.53. The average molecular weight is 855 g/mol. The maximum Gasteiger partial charge on any atom is 0.226 e. The summed E-state index contributed by atoms with van der Waals surface area (Å²) in [5.41, 5.74) is 24.0. The van der Waals surface area contributed by atoms with Crippen LogP contribution in [0.1, 0.15) is 85.5 Å². The molecule has 5 rings (SSSR count). The molecule has 0 unspecified atom stereocenters. The van der Waals surface area contributed by atoms with Gasteiger partial charge in [-0.15, -0.1) is 0 Å². The van der Waals surface area contributed by atoms with Gasteiger partial charge in [-0.05, 0) is 90.7 Å². The number of nitrogens with one attached hydrogen (secondary N) is 1. The summed E-state index contributed by atoms with van der Waals surface area (Å²) in [6.45, 7) is 5.11. The molecule has 0 aromatic heterocycles. The number of ketones is 2. The predicted molar refractivity (Wildman–Crippen MR) is 247 cm³/mol. The van der Waals surface area contributed by atoms with Crippen LogP contribution in [0.4, 0.5) is 0 Å². The Labute approximate surface area is 371 Å². The first-order chi connectivity index (χ1) is 30.5. The van der Waals surface area contributed by atoms with Gasteiger partial charge in [-0.1, -0.05) is 87.0 Å². The van der Waals surface area contributed by atoms with Crippen molar-refractivity contribution in [1.29, 1.82) is 5.26 Å². The highest BCUT2D eigenvalue weighted by atomic mass is 16.5. The quantitative estimate of drug-likeness (QED) is 0.0569. The van der Waals surface area contributed by atoms with Crippen LogP contribution in [-0.2, 0) is 27.2 Å². The van der Waals surface area contributed by atoms with Crippen molar-refractivity contribution in [3.8, 4) is 39.8 Å². The topological polar surface area (TPSA) is 204 Å². The molecule has 0 aliphatic carbocycles. The third kappa shape index (κ3) is 13.0. The fraction of sp³-hybridized carbons (Fsp3) is 0.392. The molecule has 1 aliphatic rings. The van der Waals surface area contributed by atoms with Crippen molar-refractivity contribution in [3.63, 3.8) is 0 Å². The van der Waals surface area contributed by atoms with Crippen molar-refractivity contribution < 1.29 is 28.7 Å². The van der Waals surface area contributed by atoms with E-state index >= 15 is 0 Å². The molecule has 63 heavy (non-hydrogen) atoms. The molecular weight excluding hydrogens is 793 g/mol. The minimum Gasteiger partial charge on any atom is -0.492 e. The molecule has 0 radical (unpaired) electrons. The number of Topliss-reactive ketones (excluding diaryl/α,β-unsaturated/α-hetero) is 2. The lowest BCUT2D eigenvalue weighted by atomic mass is 9.88. The van der Waals surface area contributed by atoms with Gasteiger partial charge in [-0.2, -0.15) is 5.26 Å². The number of nitrogens with two attached hydrogens (primary N) is 3. The molecule has 4 aromatic carbocycles. The van der Waals surface area contributed by atoms with Crippen molar-refractivity contribution in [2.75, 3.05) is 39.9 Å². The number of hydrogen-bond acceptors (Lipinski definition) is 10. The second-order valence-electron chi connectivity index (χ2n) is 16.2. The first kappa shape index (κ1) is 47.9. The zero-order chi connectivity index (χ0) is 45.3. The maximum absolute atomic E-state index is 14.8. The second kappa shape index (κ2) is 23.9. The number of rotatable bonds is 19. The second-order valence-corrected chi connectivity index (χ2v) is 16.2. The van der Waals surface area contributed by atoms with Crippen molar-refractivity contribution >= 4 is 23.4 Å². The molecular formula is C51H62N6O6. The molecule has 332 valence electrons. The summed E-state index contributed by atoms with van der Waals surface area (Å²) in [6.07, 6.45) is 7.13. The molecule has 4 bridgehead atoms. The highest BCUT2D eigenvalue weighted by Gasteiger charge is 2.35. The smallest absolute Gasteiger partial charge is 0.226 e. The Bertz CT molecular complexity index is 2250. The predicted octanol–water partition coefficient (Wildman–Crippen LogP) is 6.88. The molecule has 12 nitrogen and oxygen atoms in total.